The Bertz CT molecular complexity index is 794. The summed E-state index contributed by atoms with van der Waals surface area (Å²) in [5.41, 5.74) is 0.0367. The van der Waals surface area contributed by atoms with E-state index in [-0.39, 0.29) is 12.2 Å². The Labute approximate surface area is 155 Å². The van der Waals surface area contributed by atoms with Crippen molar-refractivity contribution in [2.24, 2.45) is 0 Å². The fourth-order valence-corrected chi connectivity index (χ4v) is 2.16. The molecule has 2 amide bonds. The number of anilines is 3. The van der Waals surface area contributed by atoms with Crippen LogP contribution < -0.4 is 20.9 Å². The van der Waals surface area contributed by atoms with E-state index in [9.17, 15) is 18.0 Å². The Morgan fingerprint density at radius 1 is 1.15 bits per heavy atom. The summed E-state index contributed by atoms with van der Waals surface area (Å²) >= 11 is 0. The molecule has 0 unspecified atom stereocenters. The van der Waals surface area contributed by atoms with Crippen molar-refractivity contribution in [3.63, 3.8) is 0 Å². The number of aryl methyl sites for hydroxylation is 1. The molecule has 2 aromatic rings. The van der Waals surface area contributed by atoms with Crippen molar-refractivity contribution < 1.29 is 18.0 Å². The van der Waals surface area contributed by atoms with Crippen LogP contribution in [0.1, 0.15) is 11.3 Å². The number of aromatic nitrogens is 2. The Morgan fingerprint density at radius 2 is 1.89 bits per heavy atom. The number of urea groups is 1. The van der Waals surface area contributed by atoms with Gasteiger partial charge in [-0.2, -0.15) is 18.2 Å². The summed E-state index contributed by atoms with van der Waals surface area (Å²) in [5, 5.41) is 7.91. The van der Waals surface area contributed by atoms with Crippen LogP contribution in [0.5, 0.6) is 0 Å². The van der Waals surface area contributed by atoms with Crippen LogP contribution in [0.4, 0.5) is 35.4 Å². The first-order valence-electron chi connectivity index (χ1n) is 8.14. The highest BCUT2D eigenvalue weighted by Gasteiger charge is 2.30. The first-order valence-corrected chi connectivity index (χ1v) is 8.14. The summed E-state index contributed by atoms with van der Waals surface area (Å²) in [5.74, 6) is 1.18. The minimum absolute atomic E-state index is 0.0629. The van der Waals surface area contributed by atoms with Gasteiger partial charge in [-0.15, -0.1) is 0 Å². The molecule has 0 radical (unpaired) electrons. The average molecular weight is 382 g/mol. The molecule has 0 aliphatic rings. The SMILES string of the molecule is Cc1cc(N(C)C)nc(NCCNC(=O)Nc2cccc(C(F)(F)F)c2)n1. The number of alkyl halides is 3. The number of hydrogen-bond acceptors (Lipinski definition) is 5. The molecule has 7 nitrogen and oxygen atoms in total. The van der Waals surface area contributed by atoms with Crippen molar-refractivity contribution in [2.45, 2.75) is 13.1 Å². The Hall–Kier alpha value is -3.04. The first kappa shape index (κ1) is 20.3. The van der Waals surface area contributed by atoms with Crippen molar-refractivity contribution >= 4 is 23.5 Å². The second-order valence-electron chi connectivity index (χ2n) is 5.97. The van der Waals surface area contributed by atoms with Gasteiger partial charge in [0.2, 0.25) is 5.95 Å². The van der Waals surface area contributed by atoms with Gasteiger partial charge in [0.25, 0.3) is 0 Å². The Balaban J connectivity index is 1.82. The number of amides is 2. The fourth-order valence-electron chi connectivity index (χ4n) is 2.16. The highest BCUT2D eigenvalue weighted by atomic mass is 19.4. The van der Waals surface area contributed by atoms with Gasteiger partial charge in [0.1, 0.15) is 5.82 Å². The molecule has 2 rings (SSSR count). The van der Waals surface area contributed by atoms with Crippen LogP contribution in [0.15, 0.2) is 30.3 Å². The predicted molar refractivity (Wildman–Crippen MR) is 98.1 cm³/mol. The zero-order valence-electron chi connectivity index (χ0n) is 15.2. The largest absolute Gasteiger partial charge is 0.416 e. The molecule has 1 heterocycles. The summed E-state index contributed by atoms with van der Waals surface area (Å²) in [6.45, 7) is 2.44. The number of halogens is 3. The van der Waals surface area contributed by atoms with Crippen LogP contribution in [-0.4, -0.2) is 43.2 Å². The number of hydrogen-bond donors (Lipinski definition) is 3. The molecule has 3 N–H and O–H groups in total. The molecule has 146 valence electrons. The lowest BCUT2D eigenvalue weighted by Crippen LogP contribution is -2.33. The number of rotatable bonds is 6. The van der Waals surface area contributed by atoms with Crippen LogP contribution in [-0.2, 0) is 6.18 Å². The molecule has 0 fully saturated rings. The van der Waals surface area contributed by atoms with Crippen LogP contribution in [0.2, 0.25) is 0 Å². The molecule has 0 atom stereocenters. The van der Waals surface area contributed by atoms with Gasteiger partial charge >= 0.3 is 12.2 Å². The Kier molecular flexibility index (Phi) is 6.43. The van der Waals surface area contributed by atoms with E-state index in [0.29, 0.717) is 12.5 Å². The monoisotopic (exact) mass is 382 g/mol. The van der Waals surface area contributed by atoms with E-state index in [0.717, 1.165) is 23.6 Å². The third kappa shape index (κ3) is 6.32. The number of carbonyl (C=O) groups is 1. The number of benzene rings is 1. The lowest BCUT2D eigenvalue weighted by atomic mass is 10.2. The van der Waals surface area contributed by atoms with Crippen molar-refractivity contribution in [1.29, 1.82) is 0 Å². The van der Waals surface area contributed by atoms with Gasteiger partial charge in [-0.05, 0) is 25.1 Å². The van der Waals surface area contributed by atoms with Gasteiger partial charge in [-0.1, -0.05) is 6.07 Å². The molecule has 27 heavy (non-hydrogen) atoms. The molecule has 0 saturated carbocycles. The van der Waals surface area contributed by atoms with E-state index in [2.05, 4.69) is 25.9 Å². The summed E-state index contributed by atoms with van der Waals surface area (Å²) in [6, 6.07) is 5.67. The van der Waals surface area contributed by atoms with Gasteiger partial charge in [0.05, 0.1) is 5.56 Å². The topological polar surface area (TPSA) is 82.2 Å². The predicted octanol–water partition coefficient (Wildman–Crippen LogP) is 3.10. The van der Waals surface area contributed by atoms with E-state index in [1.807, 2.05) is 32.0 Å². The maximum Gasteiger partial charge on any atom is 0.416 e. The number of nitrogens with zero attached hydrogens (tertiary/aromatic N) is 3. The van der Waals surface area contributed by atoms with Crippen molar-refractivity contribution in [3.8, 4) is 0 Å². The van der Waals surface area contributed by atoms with Crippen molar-refractivity contribution in [1.82, 2.24) is 15.3 Å². The standard InChI is InChI=1S/C17H21F3N6O/c1-11-9-14(26(2)3)25-15(23-11)21-7-8-22-16(27)24-13-6-4-5-12(10-13)17(18,19)20/h4-6,9-10H,7-8H2,1-3H3,(H,21,23,25)(H2,22,24,27). The Morgan fingerprint density at radius 3 is 2.56 bits per heavy atom. The molecule has 10 heteroatoms. The summed E-state index contributed by atoms with van der Waals surface area (Å²) in [6.07, 6.45) is -4.46. The average Bonchev–Trinajstić information content (AvgIpc) is 2.58. The maximum atomic E-state index is 12.7. The van der Waals surface area contributed by atoms with Gasteiger partial charge in [-0.25, -0.2) is 9.78 Å². The molecular formula is C17H21F3N6O. The molecule has 0 aliphatic heterocycles. The molecule has 1 aromatic heterocycles. The van der Waals surface area contributed by atoms with Crippen molar-refractivity contribution in [3.05, 3.63) is 41.6 Å². The van der Waals surface area contributed by atoms with E-state index in [4.69, 9.17) is 0 Å². The van der Waals surface area contributed by atoms with Gasteiger partial charge in [0, 0.05) is 44.6 Å². The second-order valence-corrected chi connectivity index (χ2v) is 5.97. The lowest BCUT2D eigenvalue weighted by molar-refractivity contribution is -0.137. The molecule has 0 aliphatic carbocycles. The number of carbonyl (C=O) groups excluding carboxylic acids is 1. The first-order chi connectivity index (χ1) is 12.6. The van der Waals surface area contributed by atoms with Crippen LogP contribution in [0, 0.1) is 6.92 Å². The molecule has 0 bridgehead atoms. The van der Waals surface area contributed by atoms with E-state index in [1.165, 1.54) is 12.1 Å². The maximum absolute atomic E-state index is 12.7. The van der Waals surface area contributed by atoms with Gasteiger partial charge in [-0.3, -0.25) is 0 Å². The van der Waals surface area contributed by atoms with Crippen molar-refractivity contribution in [2.75, 3.05) is 42.7 Å². The summed E-state index contributed by atoms with van der Waals surface area (Å²) in [4.78, 5) is 22.2. The minimum Gasteiger partial charge on any atom is -0.363 e. The zero-order valence-corrected chi connectivity index (χ0v) is 15.2. The van der Waals surface area contributed by atoms with Gasteiger partial charge in [0.15, 0.2) is 0 Å². The quantitative estimate of drug-likeness (QED) is 0.669. The molecule has 0 spiro atoms. The summed E-state index contributed by atoms with van der Waals surface area (Å²) in [7, 11) is 3.73. The minimum atomic E-state index is -4.46. The van der Waals surface area contributed by atoms with Crippen LogP contribution in [0.3, 0.4) is 0 Å². The second kappa shape index (κ2) is 8.56. The highest BCUT2D eigenvalue weighted by Crippen LogP contribution is 2.30. The van der Waals surface area contributed by atoms with E-state index in [1.54, 1.807) is 0 Å². The van der Waals surface area contributed by atoms with Gasteiger partial charge < -0.3 is 20.9 Å². The van der Waals surface area contributed by atoms with Crippen LogP contribution >= 0.6 is 0 Å². The molecule has 0 saturated heterocycles. The zero-order chi connectivity index (χ0) is 20.0. The number of nitrogens with one attached hydrogen (secondary N) is 3. The lowest BCUT2D eigenvalue weighted by Gasteiger charge is -2.14. The molecule has 1 aromatic carbocycles. The van der Waals surface area contributed by atoms with Crippen LogP contribution in [0.25, 0.3) is 0 Å². The normalized spacial score (nSPS) is 11.0. The van der Waals surface area contributed by atoms with E-state index >= 15 is 0 Å². The fraction of sp³-hybridized carbons (Fsp3) is 0.353. The molecular weight excluding hydrogens is 361 g/mol. The highest BCUT2D eigenvalue weighted by molar-refractivity contribution is 5.89. The van der Waals surface area contributed by atoms with E-state index < -0.39 is 17.8 Å². The summed E-state index contributed by atoms with van der Waals surface area (Å²) < 4.78 is 38.0. The third-order valence-corrected chi connectivity index (χ3v) is 3.44. The smallest absolute Gasteiger partial charge is 0.363 e. The third-order valence-electron chi connectivity index (χ3n) is 3.44.